The van der Waals surface area contributed by atoms with Gasteiger partial charge in [0.1, 0.15) is 16.9 Å². The third kappa shape index (κ3) is 3.38. The van der Waals surface area contributed by atoms with E-state index >= 15 is 0 Å². The lowest BCUT2D eigenvalue weighted by Gasteiger charge is -2.11. The van der Waals surface area contributed by atoms with Crippen molar-refractivity contribution >= 4 is 55.3 Å². The second-order valence-electron chi connectivity index (χ2n) is 9.27. The summed E-state index contributed by atoms with van der Waals surface area (Å²) < 4.78 is 6.39. The number of fused-ring (bicyclic) bond motifs is 5. The van der Waals surface area contributed by atoms with Crippen molar-refractivity contribution in [1.82, 2.24) is 0 Å². The first-order valence-corrected chi connectivity index (χ1v) is 11.7. The quantitative estimate of drug-likeness (QED) is 0.164. The second-order valence-corrected chi connectivity index (χ2v) is 9.27. The molecular formula is C32H22O4. The summed E-state index contributed by atoms with van der Waals surface area (Å²) in [6.07, 6.45) is 1.90. The highest BCUT2D eigenvalue weighted by Gasteiger charge is 2.20. The first-order valence-electron chi connectivity index (χ1n) is 11.7. The number of ketones is 1. The molecule has 0 unspecified atom stereocenters. The van der Waals surface area contributed by atoms with Gasteiger partial charge in [-0.3, -0.25) is 9.59 Å². The zero-order valence-corrected chi connectivity index (χ0v) is 19.8. The molecule has 0 aliphatic rings. The van der Waals surface area contributed by atoms with Crippen LogP contribution in [0.15, 0.2) is 99.7 Å². The minimum Gasteiger partial charge on any atom is -0.507 e. The Labute approximate surface area is 206 Å². The molecule has 4 nitrogen and oxygen atoms in total. The second kappa shape index (κ2) is 8.21. The van der Waals surface area contributed by atoms with E-state index in [0.29, 0.717) is 38.5 Å². The highest BCUT2D eigenvalue weighted by atomic mass is 16.3. The predicted molar refractivity (Wildman–Crippen MR) is 146 cm³/mol. The van der Waals surface area contributed by atoms with Crippen molar-refractivity contribution in [2.24, 2.45) is 0 Å². The van der Waals surface area contributed by atoms with Crippen molar-refractivity contribution in [2.45, 2.75) is 13.8 Å². The Hall–Kier alpha value is -4.70. The first-order chi connectivity index (χ1) is 17.4. The summed E-state index contributed by atoms with van der Waals surface area (Å²) >= 11 is 0. The zero-order chi connectivity index (χ0) is 25.0. The molecule has 174 valence electrons. The standard InChI is InChI=1S/C32H22O4/c1-18(2)15-22-16-21(28(33)25-13-11-19-7-3-5-9-23(19)29(25)34)17-27-30(35)26-14-12-20-8-4-6-10-24(20)32(26)36-31(22)27/h3-17,34H,1-2H3. The molecule has 1 N–H and O–H groups in total. The molecule has 0 atom stereocenters. The van der Waals surface area contributed by atoms with Gasteiger partial charge >= 0.3 is 0 Å². The number of benzene rings is 5. The summed E-state index contributed by atoms with van der Waals surface area (Å²) in [6.45, 7) is 3.90. The Morgan fingerprint density at radius 1 is 0.750 bits per heavy atom. The fourth-order valence-corrected chi connectivity index (χ4v) is 4.86. The molecule has 1 aromatic heterocycles. The van der Waals surface area contributed by atoms with Crippen LogP contribution in [0.25, 0.3) is 49.6 Å². The molecule has 0 bridgehead atoms. The minimum atomic E-state index is -0.360. The van der Waals surface area contributed by atoms with Crippen LogP contribution in [0.5, 0.6) is 5.75 Å². The van der Waals surface area contributed by atoms with Crippen LogP contribution in [0.2, 0.25) is 0 Å². The van der Waals surface area contributed by atoms with Gasteiger partial charge in [0.25, 0.3) is 0 Å². The number of carbonyl (C=O) groups excluding carboxylic acids is 1. The molecule has 0 fully saturated rings. The van der Waals surface area contributed by atoms with Gasteiger partial charge in [-0.25, -0.2) is 0 Å². The van der Waals surface area contributed by atoms with Crippen molar-refractivity contribution in [3.8, 4) is 5.75 Å². The summed E-state index contributed by atoms with van der Waals surface area (Å²) in [5.41, 5.74) is 2.90. The Morgan fingerprint density at radius 2 is 1.42 bits per heavy atom. The van der Waals surface area contributed by atoms with E-state index in [4.69, 9.17) is 4.42 Å². The summed E-state index contributed by atoms with van der Waals surface area (Å²) in [6, 6.07) is 25.6. The van der Waals surface area contributed by atoms with Crippen molar-refractivity contribution in [1.29, 1.82) is 0 Å². The number of hydrogen-bond donors (Lipinski definition) is 1. The van der Waals surface area contributed by atoms with Gasteiger partial charge in [0.2, 0.25) is 5.43 Å². The molecule has 0 amide bonds. The number of allylic oxidation sites excluding steroid dienone is 1. The molecule has 0 saturated carbocycles. The molecule has 0 radical (unpaired) electrons. The summed E-state index contributed by atoms with van der Waals surface area (Å²) in [5, 5.41) is 15.0. The fourth-order valence-electron chi connectivity index (χ4n) is 4.86. The van der Waals surface area contributed by atoms with Gasteiger partial charge in [-0.05, 0) is 48.9 Å². The van der Waals surface area contributed by atoms with Gasteiger partial charge < -0.3 is 9.52 Å². The van der Waals surface area contributed by atoms with Gasteiger partial charge in [-0.2, -0.15) is 0 Å². The van der Waals surface area contributed by atoms with Crippen LogP contribution < -0.4 is 5.43 Å². The van der Waals surface area contributed by atoms with Crippen LogP contribution >= 0.6 is 0 Å². The summed E-state index contributed by atoms with van der Waals surface area (Å²) in [7, 11) is 0. The van der Waals surface area contributed by atoms with E-state index in [1.54, 1.807) is 30.3 Å². The van der Waals surface area contributed by atoms with E-state index < -0.39 is 0 Å². The Balaban J connectivity index is 1.65. The van der Waals surface area contributed by atoms with Crippen LogP contribution in [0.1, 0.15) is 35.3 Å². The minimum absolute atomic E-state index is 0.0704. The molecule has 0 spiro atoms. The Kier molecular flexibility index (Phi) is 4.97. The average Bonchev–Trinajstić information content (AvgIpc) is 2.88. The average molecular weight is 471 g/mol. The third-order valence-electron chi connectivity index (χ3n) is 6.54. The number of rotatable bonds is 3. The molecule has 5 aromatic carbocycles. The fraction of sp³-hybridized carbons (Fsp3) is 0.0625. The largest absolute Gasteiger partial charge is 0.507 e. The van der Waals surface area contributed by atoms with Crippen LogP contribution in [0.3, 0.4) is 0 Å². The van der Waals surface area contributed by atoms with Crippen LogP contribution in [-0.4, -0.2) is 10.9 Å². The van der Waals surface area contributed by atoms with E-state index in [-0.39, 0.29) is 22.5 Å². The highest BCUT2D eigenvalue weighted by molar-refractivity contribution is 6.16. The van der Waals surface area contributed by atoms with E-state index in [0.717, 1.165) is 21.7 Å². The van der Waals surface area contributed by atoms with Crippen LogP contribution in [-0.2, 0) is 0 Å². The maximum atomic E-state index is 13.7. The molecule has 0 aliphatic heterocycles. The summed E-state index contributed by atoms with van der Waals surface area (Å²) in [5.74, 6) is -0.430. The Bertz CT molecular complexity index is 1950. The van der Waals surface area contributed by atoms with Crippen molar-refractivity contribution < 1.29 is 14.3 Å². The van der Waals surface area contributed by atoms with Crippen molar-refractivity contribution in [3.63, 3.8) is 0 Å². The van der Waals surface area contributed by atoms with E-state index in [9.17, 15) is 14.7 Å². The predicted octanol–water partition coefficient (Wildman–Crippen LogP) is 7.61. The summed E-state index contributed by atoms with van der Waals surface area (Å²) in [4.78, 5) is 27.3. The van der Waals surface area contributed by atoms with Crippen LogP contribution in [0, 0.1) is 0 Å². The SMILES string of the molecule is CC(C)=Cc1cc(C(=O)c2ccc3ccccc3c2O)cc2c(=O)c3ccc4ccccc4c3oc12. The zero-order valence-electron chi connectivity index (χ0n) is 19.8. The van der Waals surface area contributed by atoms with E-state index in [2.05, 4.69) is 0 Å². The van der Waals surface area contributed by atoms with Gasteiger partial charge in [-0.1, -0.05) is 72.3 Å². The van der Waals surface area contributed by atoms with Crippen molar-refractivity contribution in [2.75, 3.05) is 0 Å². The molecule has 6 aromatic rings. The van der Waals surface area contributed by atoms with Crippen molar-refractivity contribution in [3.05, 3.63) is 117 Å². The number of aromatic hydroxyl groups is 1. The molecule has 0 saturated heterocycles. The lowest BCUT2D eigenvalue weighted by Crippen LogP contribution is -2.08. The topological polar surface area (TPSA) is 67.5 Å². The maximum Gasteiger partial charge on any atom is 0.200 e. The number of phenols is 1. The number of phenolic OH excluding ortho intramolecular Hbond substituents is 1. The molecule has 1 heterocycles. The smallest absolute Gasteiger partial charge is 0.200 e. The normalized spacial score (nSPS) is 11.4. The third-order valence-corrected chi connectivity index (χ3v) is 6.54. The van der Waals surface area contributed by atoms with Gasteiger partial charge in [0, 0.05) is 21.9 Å². The highest BCUT2D eigenvalue weighted by Crippen LogP contribution is 2.33. The lowest BCUT2D eigenvalue weighted by molar-refractivity contribution is 0.103. The lowest BCUT2D eigenvalue weighted by atomic mass is 9.95. The Morgan fingerprint density at radius 3 is 2.17 bits per heavy atom. The van der Waals surface area contributed by atoms with Gasteiger partial charge in [0.15, 0.2) is 5.78 Å². The molecule has 0 aliphatic carbocycles. The first kappa shape index (κ1) is 21.8. The maximum absolute atomic E-state index is 13.7. The van der Waals surface area contributed by atoms with E-state index in [1.807, 2.05) is 74.5 Å². The van der Waals surface area contributed by atoms with E-state index in [1.165, 1.54) is 0 Å². The van der Waals surface area contributed by atoms with Gasteiger partial charge in [0.05, 0.1) is 16.3 Å². The molecular weight excluding hydrogens is 448 g/mol. The molecule has 6 rings (SSSR count). The number of carbonyl (C=O) groups is 1. The van der Waals surface area contributed by atoms with Crippen LogP contribution in [0.4, 0.5) is 0 Å². The molecule has 36 heavy (non-hydrogen) atoms. The van der Waals surface area contributed by atoms with Gasteiger partial charge in [-0.15, -0.1) is 0 Å². The molecule has 4 heteroatoms. The monoisotopic (exact) mass is 470 g/mol. The number of hydrogen-bond acceptors (Lipinski definition) is 4.